The van der Waals surface area contributed by atoms with E-state index >= 15 is 0 Å². The van der Waals surface area contributed by atoms with Crippen LogP contribution in [0.25, 0.3) is 0 Å². The van der Waals surface area contributed by atoms with E-state index in [4.69, 9.17) is 4.74 Å². The Balaban J connectivity index is 0.00000576. The second kappa shape index (κ2) is 11.7. The Labute approximate surface area is 156 Å². The molecule has 0 saturated carbocycles. The lowest BCUT2D eigenvalue weighted by atomic mass is 10.0. The molecule has 2 N–H and O–H groups in total. The van der Waals surface area contributed by atoms with Gasteiger partial charge < -0.3 is 20.3 Å². The Hall–Kier alpha value is -1.79. The van der Waals surface area contributed by atoms with Gasteiger partial charge in [0.25, 0.3) is 5.91 Å². The van der Waals surface area contributed by atoms with Crippen molar-refractivity contribution < 1.29 is 14.3 Å². The van der Waals surface area contributed by atoms with E-state index in [2.05, 4.69) is 10.6 Å². The molecule has 0 aliphatic carbocycles. The normalized spacial score (nSPS) is 11.4. The Bertz CT molecular complexity index is 535. The van der Waals surface area contributed by atoms with E-state index in [1.54, 1.807) is 36.2 Å². The quantitative estimate of drug-likeness (QED) is 0.696. The summed E-state index contributed by atoms with van der Waals surface area (Å²) in [6, 6.07) is 6.36. The van der Waals surface area contributed by atoms with E-state index in [-0.39, 0.29) is 30.1 Å². The Morgan fingerprint density at radius 1 is 1.20 bits per heavy atom. The largest absolute Gasteiger partial charge is 0.494 e. The highest BCUT2D eigenvalue weighted by Gasteiger charge is 2.27. The first-order valence-corrected chi connectivity index (χ1v) is 8.34. The van der Waals surface area contributed by atoms with Crippen LogP contribution in [0.3, 0.4) is 0 Å². The van der Waals surface area contributed by atoms with Gasteiger partial charge in [-0.15, -0.1) is 12.4 Å². The Kier molecular flexibility index (Phi) is 10.9. The summed E-state index contributed by atoms with van der Waals surface area (Å²) in [7, 11) is 3.59. The third-order valence-corrected chi connectivity index (χ3v) is 3.72. The lowest BCUT2D eigenvalue weighted by molar-refractivity contribution is -0.132. The minimum Gasteiger partial charge on any atom is -0.494 e. The van der Waals surface area contributed by atoms with Gasteiger partial charge in [-0.25, -0.2) is 0 Å². The van der Waals surface area contributed by atoms with Crippen LogP contribution in [0, 0.1) is 5.92 Å². The second-order valence-electron chi connectivity index (χ2n) is 6.02. The average molecular weight is 372 g/mol. The van der Waals surface area contributed by atoms with Crippen molar-refractivity contribution in [3.63, 3.8) is 0 Å². The molecule has 1 aromatic carbocycles. The van der Waals surface area contributed by atoms with E-state index in [0.29, 0.717) is 25.3 Å². The highest BCUT2D eigenvalue weighted by molar-refractivity contribution is 5.97. The maximum Gasteiger partial charge on any atom is 0.251 e. The van der Waals surface area contributed by atoms with E-state index in [9.17, 15) is 9.59 Å². The maximum absolute atomic E-state index is 12.6. The summed E-state index contributed by atoms with van der Waals surface area (Å²) in [6.45, 7) is 7.63. The smallest absolute Gasteiger partial charge is 0.251 e. The molecule has 1 atom stereocenters. The number of hydrogen-bond acceptors (Lipinski definition) is 4. The number of nitrogens with zero attached hydrogens (tertiary/aromatic N) is 1. The van der Waals surface area contributed by atoms with Crippen molar-refractivity contribution in [2.24, 2.45) is 5.92 Å². The number of rotatable bonds is 9. The fourth-order valence-electron chi connectivity index (χ4n) is 2.23. The van der Waals surface area contributed by atoms with E-state index in [1.807, 2.05) is 27.8 Å². The average Bonchev–Trinajstić information content (AvgIpc) is 2.57. The number of carbonyl (C=O) groups is 2. The summed E-state index contributed by atoms with van der Waals surface area (Å²) in [5.41, 5.74) is 0.509. The molecule has 25 heavy (non-hydrogen) atoms. The zero-order valence-corrected chi connectivity index (χ0v) is 16.5. The van der Waals surface area contributed by atoms with Gasteiger partial charge in [0, 0.05) is 25.7 Å². The van der Waals surface area contributed by atoms with Gasteiger partial charge in [0.1, 0.15) is 11.8 Å². The SMILES string of the molecule is CCOc1ccc(C(=O)NC(C(=O)N(C)CCNC)C(C)C)cc1.Cl. The first kappa shape index (κ1) is 23.2. The molecule has 0 heterocycles. The van der Waals surface area contributed by atoms with Gasteiger partial charge in [-0.2, -0.15) is 0 Å². The molecule has 0 fully saturated rings. The van der Waals surface area contributed by atoms with Crippen LogP contribution >= 0.6 is 12.4 Å². The van der Waals surface area contributed by atoms with Crippen molar-refractivity contribution in [1.82, 2.24) is 15.5 Å². The van der Waals surface area contributed by atoms with Crippen LogP contribution in [0.5, 0.6) is 5.75 Å². The molecule has 0 aliphatic heterocycles. The van der Waals surface area contributed by atoms with Crippen molar-refractivity contribution in [3.05, 3.63) is 29.8 Å². The molecule has 0 aromatic heterocycles. The number of nitrogens with one attached hydrogen (secondary N) is 2. The Morgan fingerprint density at radius 3 is 2.28 bits per heavy atom. The van der Waals surface area contributed by atoms with Gasteiger partial charge in [-0.3, -0.25) is 9.59 Å². The van der Waals surface area contributed by atoms with Crippen LogP contribution in [0.2, 0.25) is 0 Å². The summed E-state index contributed by atoms with van der Waals surface area (Å²) in [5.74, 6) is 0.380. The first-order valence-electron chi connectivity index (χ1n) is 8.34. The summed E-state index contributed by atoms with van der Waals surface area (Å²) < 4.78 is 5.37. The molecular weight excluding hydrogens is 342 g/mol. The molecular formula is C18H30ClN3O3. The molecule has 6 nitrogen and oxygen atoms in total. The highest BCUT2D eigenvalue weighted by atomic mass is 35.5. The van der Waals surface area contributed by atoms with Gasteiger partial charge in [0.2, 0.25) is 5.91 Å². The van der Waals surface area contributed by atoms with Crippen molar-refractivity contribution in [3.8, 4) is 5.75 Å². The zero-order valence-electron chi connectivity index (χ0n) is 15.7. The fourth-order valence-corrected chi connectivity index (χ4v) is 2.23. The van der Waals surface area contributed by atoms with Crippen LogP contribution in [-0.4, -0.2) is 56.5 Å². The molecule has 7 heteroatoms. The molecule has 142 valence electrons. The number of ether oxygens (including phenoxy) is 1. The number of amides is 2. The standard InChI is InChI=1S/C18H29N3O3.ClH/c1-6-24-15-9-7-14(8-10-15)17(22)20-16(13(2)3)18(23)21(5)12-11-19-4;/h7-10,13,16,19H,6,11-12H2,1-5H3,(H,20,22);1H. The summed E-state index contributed by atoms with van der Waals surface area (Å²) in [5, 5.41) is 5.86. The zero-order chi connectivity index (χ0) is 18.1. The van der Waals surface area contributed by atoms with Crippen molar-refractivity contribution in [2.75, 3.05) is 33.8 Å². The molecule has 0 bridgehead atoms. The van der Waals surface area contributed by atoms with Gasteiger partial charge in [-0.1, -0.05) is 13.8 Å². The molecule has 1 unspecified atom stereocenters. The van der Waals surface area contributed by atoms with Crippen LogP contribution in [0.4, 0.5) is 0 Å². The van der Waals surface area contributed by atoms with Crippen LogP contribution in [0.15, 0.2) is 24.3 Å². The fraction of sp³-hybridized carbons (Fsp3) is 0.556. The highest BCUT2D eigenvalue weighted by Crippen LogP contribution is 2.13. The topological polar surface area (TPSA) is 70.7 Å². The summed E-state index contributed by atoms with van der Waals surface area (Å²) in [4.78, 5) is 26.6. The van der Waals surface area contributed by atoms with E-state index in [0.717, 1.165) is 5.75 Å². The van der Waals surface area contributed by atoms with Gasteiger partial charge in [-0.05, 0) is 44.2 Å². The Morgan fingerprint density at radius 2 is 1.80 bits per heavy atom. The molecule has 0 spiro atoms. The third-order valence-electron chi connectivity index (χ3n) is 3.72. The van der Waals surface area contributed by atoms with Crippen LogP contribution < -0.4 is 15.4 Å². The van der Waals surface area contributed by atoms with E-state index < -0.39 is 6.04 Å². The predicted octanol–water partition coefficient (Wildman–Crippen LogP) is 1.94. The lowest BCUT2D eigenvalue weighted by Crippen LogP contribution is -2.51. The van der Waals surface area contributed by atoms with Crippen LogP contribution in [-0.2, 0) is 4.79 Å². The van der Waals surface area contributed by atoms with Gasteiger partial charge in [0.15, 0.2) is 0 Å². The molecule has 1 rings (SSSR count). The third kappa shape index (κ3) is 7.32. The summed E-state index contributed by atoms with van der Waals surface area (Å²) in [6.07, 6.45) is 0. The van der Waals surface area contributed by atoms with Gasteiger partial charge in [0.05, 0.1) is 6.61 Å². The minimum atomic E-state index is -0.550. The molecule has 0 aliphatic rings. The van der Waals surface area contributed by atoms with Crippen molar-refractivity contribution in [1.29, 1.82) is 0 Å². The predicted molar refractivity (Wildman–Crippen MR) is 103 cm³/mol. The molecule has 1 aromatic rings. The first-order chi connectivity index (χ1) is 11.4. The minimum absolute atomic E-state index is 0. The van der Waals surface area contributed by atoms with Gasteiger partial charge >= 0.3 is 0 Å². The summed E-state index contributed by atoms with van der Waals surface area (Å²) >= 11 is 0. The number of benzene rings is 1. The number of hydrogen-bond donors (Lipinski definition) is 2. The molecule has 0 radical (unpaired) electrons. The second-order valence-corrected chi connectivity index (χ2v) is 6.02. The van der Waals surface area contributed by atoms with Crippen molar-refractivity contribution in [2.45, 2.75) is 26.8 Å². The number of likely N-dealkylation sites (N-methyl/N-ethyl adjacent to an activating group) is 2. The maximum atomic E-state index is 12.6. The van der Waals surface area contributed by atoms with E-state index in [1.165, 1.54) is 0 Å². The molecule has 2 amide bonds. The number of halogens is 1. The lowest BCUT2D eigenvalue weighted by Gasteiger charge is -2.27. The number of carbonyl (C=O) groups excluding carboxylic acids is 2. The molecule has 0 saturated heterocycles. The monoisotopic (exact) mass is 371 g/mol. The van der Waals surface area contributed by atoms with Crippen LogP contribution in [0.1, 0.15) is 31.1 Å². The van der Waals surface area contributed by atoms with Crippen molar-refractivity contribution >= 4 is 24.2 Å².